The van der Waals surface area contributed by atoms with E-state index >= 15 is 0 Å². The van der Waals surface area contributed by atoms with Crippen LogP contribution in [0, 0.1) is 0 Å². The number of rotatable bonds is 6. The van der Waals surface area contributed by atoms with E-state index in [0.717, 1.165) is 5.56 Å². The van der Waals surface area contributed by atoms with Crippen molar-refractivity contribution in [2.45, 2.75) is 25.9 Å². The number of alkyl halides is 4. The second-order valence-corrected chi connectivity index (χ2v) is 6.98. The van der Waals surface area contributed by atoms with Crippen LogP contribution in [0.2, 0.25) is 5.02 Å². The lowest BCUT2D eigenvalue weighted by molar-refractivity contribution is -0.134. The molecule has 10 heteroatoms. The number of hydrogen-bond donors (Lipinski definition) is 0. The molecule has 0 N–H and O–H groups in total. The van der Waals surface area contributed by atoms with Gasteiger partial charge in [-0.25, -0.2) is 17.6 Å². The summed E-state index contributed by atoms with van der Waals surface area (Å²) in [6, 6.07) is 8.15. The van der Waals surface area contributed by atoms with E-state index in [4.69, 9.17) is 11.6 Å². The number of aromatic nitrogens is 2. The number of hydrogen-bond acceptors (Lipinski definition) is 3. The summed E-state index contributed by atoms with van der Waals surface area (Å²) < 4.78 is 52.2. The summed E-state index contributed by atoms with van der Waals surface area (Å²) >= 11 is 5.98. The average molecular weight is 419 g/mol. The molecule has 2 aromatic rings. The number of benzene rings is 1. The normalized spacial score (nSPS) is 15.6. The molecule has 1 saturated heterocycles. The fourth-order valence-electron chi connectivity index (χ4n) is 3.14. The first kappa shape index (κ1) is 20.6. The molecule has 0 aliphatic carbocycles. The molecule has 5 nitrogen and oxygen atoms in total. The van der Waals surface area contributed by atoms with Crippen LogP contribution in [0.25, 0.3) is 0 Å². The maximum absolute atomic E-state index is 13.0. The zero-order chi connectivity index (χ0) is 20.3. The van der Waals surface area contributed by atoms with Crippen LogP contribution in [0.1, 0.15) is 29.8 Å². The molecule has 152 valence electrons. The topological polar surface area (TPSA) is 41.4 Å². The van der Waals surface area contributed by atoms with Gasteiger partial charge in [0.05, 0.1) is 0 Å². The van der Waals surface area contributed by atoms with Gasteiger partial charge in [-0.15, -0.1) is 0 Å². The highest BCUT2D eigenvalue weighted by Crippen LogP contribution is 2.25. The molecular weight excluding hydrogens is 400 g/mol. The van der Waals surface area contributed by atoms with Crippen molar-refractivity contribution in [2.24, 2.45) is 0 Å². The molecule has 1 aliphatic heterocycles. The lowest BCUT2D eigenvalue weighted by Gasteiger charge is -2.34. The Morgan fingerprint density at radius 3 is 2.39 bits per heavy atom. The van der Waals surface area contributed by atoms with Crippen molar-refractivity contribution in [3.05, 3.63) is 52.3 Å². The van der Waals surface area contributed by atoms with Crippen molar-refractivity contribution >= 4 is 17.5 Å². The van der Waals surface area contributed by atoms with E-state index in [2.05, 4.69) is 10.00 Å². The van der Waals surface area contributed by atoms with Crippen LogP contribution in [0.4, 0.5) is 17.6 Å². The van der Waals surface area contributed by atoms with Gasteiger partial charge in [0.1, 0.15) is 17.9 Å². The molecule has 28 heavy (non-hydrogen) atoms. The first-order valence-electron chi connectivity index (χ1n) is 8.72. The highest BCUT2D eigenvalue weighted by molar-refractivity contribution is 6.30. The quantitative estimate of drug-likeness (QED) is 0.671. The first-order valence-corrected chi connectivity index (χ1v) is 9.10. The number of amides is 1. The van der Waals surface area contributed by atoms with Gasteiger partial charge in [0.25, 0.3) is 12.9 Å². The van der Waals surface area contributed by atoms with E-state index < -0.39 is 36.7 Å². The third kappa shape index (κ3) is 5.02. The molecule has 0 atom stereocenters. The zero-order valence-electron chi connectivity index (χ0n) is 14.9. The van der Waals surface area contributed by atoms with Crippen LogP contribution < -0.4 is 0 Å². The Morgan fingerprint density at radius 2 is 1.79 bits per heavy atom. The summed E-state index contributed by atoms with van der Waals surface area (Å²) in [5.74, 6) is -0.423. The van der Waals surface area contributed by atoms with Gasteiger partial charge in [-0.3, -0.25) is 14.4 Å². The third-order valence-corrected chi connectivity index (χ3v) is 4.82. The van der Waals surface area contributed by atoms with Crippen molar-refractivity contribution < 1.29 is 22.4 Å². The van der Waals surface area contributed by atoms with Gasteiger partial charge >= 0.3 is 0 Å². The molecule has 3 rings (SSSR count). The summed E-state index contributed by atoms with van der Waals surface area (Å²) in [6.45, 7) is 2.27. The van der Waals surface area contributed by atoms with Crippen LogP contribution >= 0.6 is 11.6 Å². The van der Waals surface area contributed by atoms with Crippen LogP contribution in [0.15, 0.2) is 30.3 Å². The minimum Gasteiger partial charge on any atom is -0.339 e. The first-order chi connectivity index (χ1) is 13.3. The van der Waals surface area contributed by atoms with E-state index in [1.807, 2.05) is 18.2 Å². The van der Waals surface area contributed by atoms with Crippen molar-refractivity contribution in [3.8, 4) is 0 Å². The van der Waals surface area contributed by atoms with Gasteiger partial charge in [0.2, 0.25) is 5.91 Å². The summed E-state index contributed by atoms with van der Waals surface area (Å²) in [4.78, 5) is 16.1. The molecule has 1 aliphatic rings. The Morgan fingerprint density at radius 1 is 1.07 bits per heavy atom. The molecule has 1 aromatic carbocycles. The van der Waals surface area contributed by atoms with Crippen molar-refractivity contribution in [1.29, 1.82) is 0 Å². The summed E-state index contributed by atoms with van der Waals surface area (Å²) in [6.07, 6.45) is -5.95. The molecule has 2 heterocycles. The SMILES string of the molecule is O=C(Cn1nc(C(F)F)cc1C(F)F)N1CCN(Cc2cccc(Cl)c2)CC1. The molecule has 0 spiro atoms. The van der Waals surface area contributed by atoms with Gasteiger partial charge in [-0.1, -0.05) is 23.7 Å². The van der Waals surface area contributed by atoms with Gasteiger partial charge < -0.3 is 4.90 Å². The second-order valence-electron chi connectivity index (χ2n) is 6.54. The molecule has 1 aromatic heterocycles. The summed E-state index contributed by atoms with van der Waals surface area (Å²) in [7, 11) is 0. The number of carbonyl (C=O) groups is 1. The molecular formula is C18H19ClF4N4O. The Labute approximate surface area is 164 Å². The van der Waals surface area contributed by atoms with Gasteiger partial charge in [0, 0.05) is 37.7 Å². The number of nitrogens with zero attached hydrogens (tertiary/aromatic N) is 4. The maximum atomic E-state index is 13.0. The Hall–Kier alpha value is -2.13. The fraction of sp³-hybridized carbons (Fsp3) is 0.444. The smallest absolute Gasteiger partial charge is 0.282 e. The summed E-state index contributed by atoms with van der Waals surface area (Å²) in [5, 5.41) is 4.12. The minimum absolute atomic E-state index is 0.423. The lowest BCUT2D eigenvalue weighted by atomic mass is 10.2. The molecule has 0 saturated carbocycles. The largest absolute Gasteiger partial charge is 0.339 e. The average Bonchev–Trinajstić information content (AvgIpc) is 3.07. The van der Waals surface area contributed by atoms with Gasteiger partial charge in [0.15, 0.2) is 0 Å². The Kier molecular flexibility index (Phi) is 6.56. The van der Waals surface area contributed by atoms with E-state index in [-0.39, 0.29) is 0 Å². The van der Waals surface area contributed by atoms with Crippen LogP contribution in [-0.2, 0) is 17.9 Å². The third-order valence-electron chi connectivity index (χ3n) is 4.58. The highest BCUT2D eigenvalue weighted by Gasteiger charge is 2.26. The molecule has 1 amide bonds. The minimum atomic E-state index is -2.98. The number of halogens is 5. The van der Waals surface area contributed by atoms with E-state index in [0.29, 0.717) is 48.5 Å². The molecule has 0 radical (unpaired) electrons. The van der Waals surface area contributed by atoms with E-state index in [1.54, 1.807) is 6.07 Å². The number of piperazine rings is 1. The monoisotopic (exact) mass is 418 g/mol. The lowest BCUT2D eigenvalue weighted by Crippen LogP contribution is -2.49. The van der Waals surface area contributed by atoms with E-state index in [9.17, 15) is 22.4 Å². The van der Waals surface area contributed by atoms with Crippen molar-refractivity contribution in [2.75, 3.05) is 26.2 Å². The molecule has 0 bridgehead atoms. The Balaban J connectivity index is 1.57. The van der Waals surface area contributed by atoms with Crippen molar-refractivity contribution in [3.63, 3.8) is 0 Å². The Bertz CT molecular complexity index is 822. The van der Waals surface area contributed by atoms with E-state index in [1.165, 1.54) is 4.90 Å². The van der Waals surface area contributed by atoms with Crippen LogP contribution in [0.3, 0.4) is 0 Å². The molecule has 0 unspecified atom stereocenters. The standard InChI is InChI=1S/C18H19ClF4N4O/c19-13-3-1-2-12(8-13)10-25-4-6-26(7-5-25)16(28)11-27-15(18(22)23)9-14(24-27)17(20)21/h1-3,8-9,17-18H,4-7,10-11H2. The number of carbonyl (C=O) groups excluding carboxylic acids is 1. The van der Waals surface area contributed by atoms with Gasteiger partial charge in [-0.05, 0) is 23.8 Å². The van der Waals surface area contributed by atoms with Crippen molar-refractivity contribution in [1.82, 2.24) is 19.6 Å². The fourth-order valence-corrected chi connectivity index (χ4v) is 3.35. The zero-order valence-corrected chi connectivity index (χ0v) is 15.6. The van der Waals surface area contributed by atoms with Crippen LogP contribution in [-0.4, -0.2) is 51.7 Å². The maximum Gasteiger partial charge on any atom is 0.282 e. The highest BCUT2D eigenvalue weighted by atomic mass is 35.5. The second kappa shape index (κ2) is 8.91. The van der Waals surface area contributed by atoms with Crippen LogP contribution in [0.5, 0.6) is 0 Å². The summed E-state index contributed by atoms with van der Waals surface area (Å²) in [5.41, 5.74) is -0.373. The van der Waals surface area contributed by atoms with Gasteiger partial charge in [-0.2, -0.15) is 5.10 Å². The predicted molar refractivity (Wildman–Crippen MR) is 95.5 cm³/mol. The predicted octanol–water partition coefficient (Wildman–Crippen LogP) is 3.76. The molecule has 1 fully saturated rings.